The minimum Gasteiger partial charge on any atom is -0.325 e. The lowest BCUT2D eigenvalue weighted by Crippen LogP contribution is -2.57. The molecule has 0 radical (unpaired) electrons. The lowest BCUT2D eigenvalue weighted by molar-refractivity contribution is -0.124. The fraction of sp³-hybridized carbons (Fsp3) is 0.263. The molecule has 118 valence electrons. The van der Waals surface area contributed by atoms with Crippen molar-refractivity contribution in [2.75, 3.05) is 18.0 Å². The molecule has 2 amide bonds. The highest BCUT2D eigenvalue weighted by atomic mass is 16.2. The Bertz CT molecular complexity index is 727. The standard InChI is InChI=1S/C19H20N2O2/c1-14-8-6-7-11-17(14)21-13-12-20(15(2)18(21)22)19(23)16-9-4-3-5-10-16/h3-11,15H,12-13H2,1-2H3/t15-/m1/s1. The van der Waals surface area contributed by atoms with Gasteiger partial charge in [0.15, 0.2) is 0 Å². The second-order valence-corrected chi connectivity index (χ2v) is 5.82. The van der Waals surface area contributed by atoms with Gasteiger partial charge in [-0.15, -0.1) is 0 Å². The molecule has 23 heavy (non-hydrogen) atoms. The van der Waals surface area contributed by atoms with E-state index >= 15 is 0 Å². The van der Waals surface area contributed by atoms with Crippen molar-refractivity contribution in [3.8, 4) is 0 Å². The first-order valence-corrected chi connectivity index (χ1v) is 7.82. The zero-order valence-corrected chi connectivity index (χ0v) is 13.4. The molecule has 4 heteroatoms. The van der Waals surface area contributed by atoms with Gasteiger partial charge in [-0.25, -0.2) is 0 Å². The molecule has 2 aromatic rings. The van der Waals surface area contributed by atoms with E-state index in [1.54, 1.807) is 28.9 Å². The summed E-state index contributed by atoms with van der Waals surface area (Å²) in [6.07, 6.45) is 0. The molecule has 1 aliphatic heterocycles. The van der Waals surface area contributed by atoms with Crippen molar-refractivity contribution in [3.05, 3.63) is 65.7 Å². The average Bonchev–Trinajstić information content (AvgIpc) is 2.58. The van der Waals surface area contributed by atoms with Gasteiger partial charge >= 0.3 is 0 Å². The maximum absolute atomic E-state index is 12.8. The Kier molecular flexibility index (Phi) is 4.15. The van der Waals surface area contributed by atoms with Crippen LogP contribution in [0.4, 0.5) is 5.69 Å². The Labute approximate surface area is 136 Å². The van der Waals surface area contributed by atoms with Gasteiger partial charge in [0, 0.05) is 24.3 Å². The van der Waals surface area contributed by atoms with E-state index in [1.807, 2.05) is 49.4 Å². The van der Waals surface area contributed by atoms with Crippen molar-refractivity contribution in [1.82, 2.24) is 4.90 Å². The Hall–Kier alpha value is -2.62. The molecule has 0 aliphatic carbocycles. The largest absolute Gasteiger partial charge is 0.325 e. The highest BCUT2D eigenvalue weighted by Crippen LogP contribution is 2.24. The predicted molar refractivity (Wildman–Crippen MR) is 90.5 cm³/mol. The van der Waals surface area contributed by atoms with Crippen LogP contribution in [0.3, 0.4) is 0 Å². The maximum atomic E-state index is 12.8. The molecular weight excluding hydrogens is 288 g/mol. The fourth-order valence-electron chi connectivity index (χ4n) is 3.00. The molecule has 1 heterocycles. The van der Waals surface area contributed by atoms with Crippen LogP contribution in [0.2, 0.25) is 0 Å². The molecule has 1 aliphatic rings. The first-order valence-electron chi connectivity index (χ1n) is 7.82. The van der Waals surface area contributed by atoms with Crippen molar-refractivity contribution in [1.29, 1.82) is 0 Å². The summed E-state index contributed by atoms with van der Waals surface area (Å²) in [7, 11) is 0. The Morgan fingerprint density at radius 3 is 2.35 bits per heavy atom. The first kappa shape index (κ1) is 15.3. The number of aryl methyl sites for hydroxylation is 1. The quantitative estimate of drug-likeness (QED) is 0.856. The van der Waals surface area contributed by atoms with E-state index in [1.165, 1.54) is 0 Å². The first-order chi connectivity index (χ1) is 11.1. The van der Waals surface area contributed by atoms with Crippen molar-refractivity contribution in [2.24, 2.45) is 0 Å². The number of hydrogen-bond donors (Lipinski definition) is 0. The third kappa shape index (κ3) is 2.84. The Morgan fingerprint density at radius 2 is 1.65 bits per heavy atom. The van der Waals surface area contributed by atoms with Crippen LogP contribution in [0, 0.1) is 6.92 Å². The van der Waals surface area contributed by atoms with E-state index in [2.05, 4.69) is 0 Å². The summed E-state index contributed by atoms with van der Waals surface area (Å²) in [5.74, 6) is -0.120. The van der Waals surface area contributed by atoms with Crippen LogP contribution in [0.1, 0.15) is 22.8 Å². The van der Waals surface area contributed by atoms with Crippen molar-refractivity contribution in [3.63, 3.8) is 0 Å². The Morgan fingerprint density at radius 1 is 1.00 bits per heavy atom. The summed E-state index contributed by atoms with van der Waals surface area (Å²) >= 11 is 0. The van der Waals surface area contributed by atoms with Crippen LogP contribution in [0.5, 0.6) is 0 Å². The third-order valence-corrected chi connectivity index (χ3v) is 4.34. The smallest absolute Gasteiger partial charge is 0.254 e. The number of para-hydroxylation sites is 1. The number of carbonyl (C=O) groups excluding carboxylic acids is 2. The van der Waals surface area contributed by atoms with Gasteiger partial charge in [0.05, 0.1) is 0 Å². The average molecular weight is 308 g/mol. The van der Waals surface area contributed by atoms with Crippen molar-refractivity contribution in [2.45, 2.75) is 19.9 Å². The zero-order valence-electron chi connectivity index (χ0n) is 13.4. The lowest BCUT2D eigenvalue weighted by atomic mass is 10.1. The molecular formula is C19H20N2O2. The van der Waals surface area contributed by atoms with Gasteiger partial charge in [0.1, 0.15) is 6.04 Å². The van der Waals surface area contributed by atoms with Crippen LogP contribution in [-0.2, 0) is 4.79 Å². The maximum Gasteiger partial charge on any atom is 0.254 e. The topological polar surface area (TPSA) is 40.6 Å². The number of amides is 2. The molecule has 1 atom stereocenters. The monoisotopic (exact) mass is 308 g/mol. The van der Waals surface area contributed by atoms with Gasteiger partial charge in [0.2, 0.25) is 5.91 Å². The number of nitrogens with zero attached hydrogens (tertiary/aromatic N) is 2. The van der Waals surface area contributed by atoms with Gasteiger partial charge in [0.25, 0.3) is 5.91 Å². The number of piperazine rings is 1. The molecule has 0 N–H and O–H groups in total. The van der Waals surface area contributed by atoms with E-state index in [9.17, 15) is 9.59 Å². The van der Waals surface area contributed by atoms with Crippen molar-refractivity contribution < 1.29 is 9.59 Å². The highest BCUT2D eigenvalue weighted by Gasteiger charge is 2.35. The molecule has 1 saturated heterocycles. The van der Waals surface area contributed by atoms with E-state index in [-0.39, 0.29) is 11.8 Å². The molecule has 0 spiro atoms. The molecule has 4 nitrogen and oxygen atoms in total. The third-order valence-electron chi connectivity index (χ3n) is 4.34. The van der Waals surface area contributed by atoms with E-state index in [4.69, 9.17) is 0 Å². The van der Waals surface area contributed by atoms with Gasteiger partial charge in [-0.05, 0) is 37.6 Å². The molecule has 1 fully saturated rings. The van der Waals surface area contributed by atoms with Crippen LogP contribution in [-0.4, -0.2) is 35.8 Å². The van der Waals surface area contributed by atoms with Gasteiger partial charge in [-0.1, -0.05) is 36.4 Å². The fourth-order valence-corrected chi connectivity index (χ4v) is 3.00. The summed E-state index contributed by atoms with van der Waals surface area (Å²) in [6, 6.07) is 16.5. The second kappa shape index (κ2) is 6.24. The Balaban J connectivity index is 1.82. The molecule has 0 aromatic heterocycles. The molecule has 0 bridgehead atoms. The van der Waals surface area contributed by atoms with E-state index in [0.29, 0.717) is 18.7 Å². The van der Waals surface area contributed by atoms with Crippen LogP contribution in [0.25, 0.3) is 0 Å². The number of benzene rings is 2. The van der Waals surface area contributed by atoms with Gasteiger partial charge in [-0.2, -0.15) is 0 Å². The highest BCUT2D eigenvalue weighted by molar-refractivity contribution is 6.03. The number of rotatable bonds is 2. The summed E-state index contributed by atoms with van der Waals surface area (Å²) in [5, 5.41) is 0. The summed E-state index contributed by atoms with van der Waals surface area (Å²) in [5.41, 5.74) is 2.61. The summed E-state index contributed by atoms with van der Waals surface area (Å²) < 4.78 is 0. The second-order valence-electron chi connectivity index (χ2n) is 5.82. The zero-order chi connectivity index (χ0) is 16.4. The minimum atomic E-state index is -0.462. The molecule has 3 rings (SSSR count). The molecule has 0 saturated carbocycles. The minimum absolute atomic E-state index is 0.0326. The number of anilines is 1. The van der Waals surface area contributed by atoms with Crippen LogP contribution in [0.15, 0.2) is 54.6 Å². The van der Waals surface area contributed by atoms with Crippen molar-refractivity contribution >= 4 is 17.5 Å². The van der Waals surface area contributed by atoms with Gasteiger partial charge in [-0.3, -0.25) is 9.59 Å². The normalized spacial score (nSPS) is 18.2. The lowest BCUT2D eigenvalue weighted by Gasteiger charge is -2.39. The molecule has 2 aromatic carbocycles. The van der Waals surface area contributed by atoms with E-state index in [0.717, 1.165) is 11.3 Å². The van der Waals surface area contributed by atoms with E-state index < -0.39 is 6.04 Å². The van der Waals surface area contributed by atoms with Gasteiger partial charge < -0.3 is 9.80 Å². The summed E-state index contributed by atoms with van der Waals surface area (Å²) in [4.78, 5) is 28.8. The molecule has 0 unspecified atom stereocenters. The van der Waals surface area contributed by atoms with Crippen LogP contribution >= 0.6 is 0 Å². The number of hydrogen-bond acceptors (Lipinski definition) is 2. The van der Waals surface area contributed by atoms with Crippen LogP contribution < -0.4 is 4.90 Å². The SMILES string of the molecule is Cc1ccccc1N1CCN(C(=O)c2ccccc2)[C@H](C)C1=O. The summed E-state index contributed by atoms with van der Waals surface area (Å²) in [6.45, 7) is 4.85. The predicted octanol–water partition coefficient (Wildman–Crippen LogP) is 2.87. The number of carbonyl (C=O) groups is 2.